The van der Waals surface area contributed by atoms with E-state index >= 15 is 4.39 Å². The Morgan fingerprint density at radius 1 is 0.920 bits per heavy atom. The van der Waals surface area contributed by atoms with Crippen LogP contribution in [-0.4, -0.2) is 0 Å². The van der Waals surface area contributed by atoms with Crippen LogP contribution in [0.5, 0.6) is 0 Å². The highest BCUT2D eigenvalue weighted by Crippen LogP contribution is 2.34. The molecule has 0 unspecified atom stereocenters. The molecule has 0 saturated heterocycles. The number of nitrogens with zero attached hydrogens (tertiary/aromatic N) is 1. The standard InChI is InChI=1S/C23H27FN/c1-13(2)18-8-9-20-19(12-18)11-16(5)25(7)23(20)21-17(6)14(3)10-15(4)22(21)24/h8-13H,1-7H3/q+1. The van der Waals surface area contributed by atoms with Crippen molar-refractivity contribution in [1.82, 2.24) is 0 Å². The van der Waals surface area contributed by atoms with Crippen molar-refractivity contribution >= 4 is 10.8 Å². The summed E-state index contributed by atoms with van der Waals surface area (Å²) in [6, 6.07) is 10.7. The van der Waals surface area contributed by atoms with Crippen molar-refractivity contribution in [3.63, 3.8) is 0 Å². The molecule has 0 spiro atoms. The van der Waals surface area contributed by atoms with E-state index in [0.717, 1.165) is 33.5 Å². The Morgan fingerprint density at radius 3 is 2.24 bits per heavy atom. The number of rotatable bonds is 2. The molecule has 1 nitrogen and oxygen atoms in total. The highest BCUT2D eigenvalue weighted by molar-refractivity contribution is 5.94. The molecule has 2 aromatic carbocycles. The van der Waals surface area contributed by atoms with Gasteiger partial charge >= 0.3 is 0 Å². The largest absolute Gasteiger partial charge is 0.223 e. The second kappa shape index (κ2) is 6.25. The average molecular weight is 336 g/mol. The van der Waals surface area contributed by atoms with Crippen LogP contribution in [0.4, 0.5) is 4.39 Å². The van der Waals surface area contributed by atoms with E-state index in [9.17, 15) is 0 Å². The molecule has 0 fully saturated rings. The van der Waals surface area contributed by atoms with E-state index in [1.54, 1.807) is 0 Å². The Balaban J connectivity index is 2.47. The van der Waals surface area contributed by atoms with Crippen molar-refractivity contribution in [2.75, 3.05) is 0 Å². The van der Waals surface area contributed by atoms with Gasteiger partial charge in [-0.15, -0.1) is 0 Å². The number of aromatic nitrogens is 1. The smallest absolute Gasteiger partial charge is 0.206 e. The molecule has 2 heteroatoms. The number of aryl methyl sites for hydroxylation is 3. The van der Waals surface area contributed by atoms with Gasteiger partial charge in [-0.3, -0.25) is 0 Å². The summed E-state index contributed by atoms with van der Waals surface area (Å²) < 4.78 is 17.3. The number of hydrogen-bond donors (Lipinski definition) is 0. The Hall–Kier alpha value is -2.22. The summed E-state index contributed by atoms with van der Waals surface area (Å²) in [5, 5.41) is 2.28. The third-order valence-corrected chi connectivity index (χ3v) is 5.43. The van der Waals surface area contributed by atoms with Crippen molar-refractivity contribution in [3.8, 4) is 11.3 Å². The maximum atomic E-state index is 15.2. The molecule has 0 N–H and O–H groups in total. The first-order chi connectivity index (χ1) is 11.7. The molecule has 0 aliphatic rings. The van der Waals surface area contributed by atoms with Crippen LogP contribution in [0.1, 0.15) is 47.7 Å². The lowest BCUT2D eigenvalue weighted by molar-refractivity contribution is -0.665. The Morgan fingerprint density at radius 2 is 1.60 bits per heavy atom. The first-order valence-corrected chi connectivity index (χ1v) is 8.92. The molecule has 0 atom stereocenters. The first kappa shape index (κ1) is 17.6. The van der Waals surface area contributed by atoms with Crippen LogP contribution < -0.4 is 4.57 Å². The van der Waals surface area contributed by atoms with Crippen LogP contribution in [0.25, 0.3) is 22.0 Å². The van der Waals surface area contributed by atoms with E-state index in [2.05, 4.69) is 56.5 Å². The van der Waals surface area contributed by atoms with Gasteiger partial charge in [-0.1, -0.05) is 32.0 Å². The van der Waals surface area contributed by atoms with Crippen LogP contribution in [-0.2, 0) is 7.05 Å². The van der Waals surface area contributed by atoms with Gasteiger partial charge in [0.15, 0.2) is 5.69 Å². The van der Waals surface area contributed by atoms with Gasteiger partial charge in [0.25, 0.3) is 0 Å². The highest BCUT2D eigenvalue weighted by Gasteiger charge is 2.25. The van der Waals surface area contributed by atoms with Crippen LogP contribution in [0.2, 0.25) is 0 Å². The number of pyridine rings is 1. The second-order valence-corrected chi connectivity index (χ2v) is 7.52. The summed E-state index contributed by atoms with van der Waals surface area (Å²) in [4.78, 5) is 0. The lowest BCUT2D eigenvalue weighted by Gasteiger charge is -2.15. The van der Waals surface area contributed by atoms with Crippen molar-refractivity contribution in [2.24, 2.45) is 7.05 Å². The van der Waals surface area contributed by atoms with E-state index in [-0.39, 0.29) is 5.82 Å². The molecule has 0 bridgehead atoms. The van der Waals surface area contributed by atoms with E-state index in [0.29, 0.717) is 11.5 Å². The van der Waals surface area contributed by atoms with Gasteiger partial charge < -0.3 is 0 Å². The molecule has 130 valence electrons. The first-order valence-electron chi connectivity index (χ1n) is 8.92. The average Bonchev–Trinajstić information content (AvgIpc) is 2.56. The lowest BCUT2D eigenvalue weighted by Crippen LogP contribution is -2.35. The summed E-state index contributed by atoms with van der Waals surface area (Å²) in [7, 11) is 2.02. The monoisotopic (exact) mass is 336 g/mol. The Kier molecular flexibility index (Phi) is 4.40. The van der Waals surface area contributed by atoms with Gasteiger partial charge in [-0.25, -0.2) is 4.39 Å². The molecular weight excluding hydrogens is 309 g/mol. The zero-order valence-corrected chi connectivity index (χ0v) is 16.3. The molecule has 0 radical (unpaired) electrons. The fraction of sp³-hybridized carbons (Fsp3) is 0.348. The summed E-state index contributed by atoms with van der Waals surface area (Å²) in [5.74, 6) is 0.361. The molecule has 1 heterocycles. The van der Waals surface area contributed by atoms with E-state index in [4.69, 9.17) is 0 Å². The van der Waals surface area contributed by atoms with E-state index < -0.39 is 0 Å². The number of fused-ring (bicyclic) bond motifs is 1. The number of hydrogen-bond acceptors (Lipinski definition) is 0. The molecule has 0 amide bonds. The summed E-state index contributed by atoms with van der Waals surface area (Å²) in [6.45, 7) is 12.4. The molecule has 3 aromatic rings. The zero-order chi connectivity index (χ0) is 18.5. The summed E-state index contributed by atoms with van der Waals surface area (Å²) in [5.41, 5.74) is 6.97. The van der Waals surface area contributed by atoms with Gasteiger partial charge in [0.05, 0.1) is 10.9 Å². The molecule has 0 saturated carbocycles. The Labute approximate surface area is 150 Å². The zero-order valence-electron chi connectivity index (χ0n) is 16.3. The maximum Gasteiger partial charge on any atom is 0.223 e. The van der Waals surface area contributed by atoms with Crippen molar-refractivity contribution in [1.29, 1.82) is 0 Å². The van der Waals surface area contributed by atoms with Gasteiger partial charge in [0.2, 0.25) is 5.69 Å². The molecule has 1 aromatic heterocycles. The fourth-order valence-electron chi connectivity index (χ4n) is 3.59. The molecule has 25 heavy (non-hydrogen) atoms. The van der Waals surface area contributed by atoms with Gasteiger partial charge in [-0.2, -0.15) is 4.57 Å². The lowest BCUT2D eigenvalue weighted by atomic mass is 9.92. The third-order valence-electron chi connectivity index (χ3n) is 5.43. The van der Waals surface area contributed by atoms with Gasteiger partial charge in [-0.05, 0) is 60.4 Å². The molecule has 3 rings (SSSR count). The van der Waals surface area contributed by atoms with Crippen LogP contribution in [0, 0.1) is 33.5 Å². The third kappa shape index (κ3) is 2.84. The van der Waals surface area contributed by atoms with Gasteiger partial charge in [0, 0.05) is 13.0 Å². The van der Waals surface area contributed by atoms with Crippen molar-refractivity contribution in [2.45, 2.75) is 47.5 Å². The van der Waals surface area contributed by atoms with Crippen LogP contribution in [0.15, 0.2) is 30.3 Å². The highest BCUT2D eigenvalue weighted by atomic mass is 19.1. The molecule has 0 aliphatic carbocycles. The molecule has 0 aliphatic heterocycles. The SMILES string of the molecule is Cc1cc(C)c(F)c(-c2c3ccc(C(C)C)cc3cc(C)[n+]2C)c1C. The van der Waals surface area contributed by atoms with Crippen molar-refractivity contribution in [3.05, 3.63) is 64.1 Å². The fourth-order valence-corrected chi connectivity index (χ4v) is 3.59. The summed E-state index contributed by atoms with van der Waals surface area (Å²) in [6.07, 6.45) is 0. The summed E-state index contributed by atoms with van der Waals surface area (Å²) >= 11 is 0. The second-order valence-electron chi connectivity index (χ2n) is 7.52. The number of benzene rings is 2. The normalized spacial score (nSPS) is 11.6. The number of halogens is 1. The minimum Gasteiger partial charge on any atom is -0.206 e. The van der Waals surface area contributed by atoms with Crippen molar-refractivity contribution < 1.29 is 8.96 Å². The van der Waals surface area contributed by atoms with Crippen LogP contribution >= 0.6 is 0 Å². The minimum absolute atomic E-state index is 0.112. The topological polar surface area (TPSA) is 3.88 Å². The quantitative estimate of drug-likeness (QED) is 0.519. The maximum absolute atomic E-state index is 15.2. The van der Waals surface area contributed by atoms with Gasteiger partial charge in [0.1, 0.15) is 12.9 Å². The molecular formula is C23H27FN+. The Bertz CT molecular complexity index is 957. The predicted octanol–water partition coefficient (Wildman–Crippen LogP) is 5.83. The van der Waals surface area contributed by atoms with Crippen LogP contribution in [0.3, 0.4) is 0 Å². The van der Waals surface area contributed by atoms with E-state index in [1.807, 2.05) is 27.0 Å². The minimum atomic E-state index is -0.112. The van der Waals surface area contributed by atoms with E-state index in [1.165, 1.54) is 10.9 Å². The predicted molar refractivity (Wildman–Crippen MR) is 104 cm³/mol.